The van der Waals surface area contributed by atoms with Gasteiger partial charge in [-0.1, -0.05) is 12.1 Å². The van der Waals surface area contributed by atoms with E-state index in [0.29, 0.717) is 5.76 Å². The Hall–Kier alpha value is -2.63. The minimum Gasteiger partial charge on any atom is -0.467 e. The maximum Gasteiger partial charge on any atom is 0.240 e. The molecule has 22 heavy (non-hydrogen) atoms. The summed E-state index contributed by atoms with van der Waals surface area (Å²) in [6.45, 7) is 1.86. The number of furan rings is 1. The third-order valence-electron chi connectivity index (χ3n) is 3.11. The molecule has 116 valence electrons. The van der Waals surface area contributed by atoms with Gasteiger partial charge in [-0.3, -0.25) is 9.59 Å². The Bertz CT molecular complexity index is 623. The van der Waals surface area contributed by atoms with Gasteiger partial charge in [-0.2, -0.15) is 0 Å². The highest BCUT2D eigenvalue weighted by atomic mass is 19.1. The minimum atomic E-state index is -0.339. The van der Waals surface area contributed by atoms with Crippen molar-refractivity contribution in [2.75, 3.05) is 6.54 Å². The first-order valence-corrected chi connectivity index (χ1v) is 6.83. The molecular weight excluding hydrogens is 287 g/mol. The van der Waals surface area contributed by atoms with Crippen molar-refractivity contribution in [1.29, 1.82) is 0 Å². The first kappa shape index (κ1) is 15.8. The molecule has 1 N–H and O–H groups in total. The van der Waals surface area contributed by atoms with Crippen molar-refractivity contribution in [3.63, 3.8) is 0 Å². The van der Waals surface area contributed by atoms with Crippen LogP contribution < -0.4 is 5.32 Å². The van der Waals surface area contributed by atoms with Gasteiger partial charge in [0.05, 0.1) is 19.4 Å². The van der Waals surface area contributed by atoms with Crippen molar-refractivity contribution in [1.82, 2.24) is 10.2 Å². The monoisotopic (exact) mass is 304 g/mol. The van der Waals surface area contributed by atoms with Crippen LogP contribution in [-0.4, -0.2) is 23.3 Å². The molecule has 5 nitrogen and oxygen atoms in total. The number of rotatable bonds is 6. The Morgan fingerprint density at radius 2 is 1.95 bits per heavy atom. The fraction of sp³-hybridized carbons (Fsp3) is 0.250. The minimum absolute atomic E-state index is 0.0621. The Labute approximate surface area is 127 Å². The Morgan fingerprint density at radius 3 is 2.55 bits per heavy atom. The lowest BCUT2D eigenvalue weighted by Crippen LogP contribution is -2.39. The predicted octanol–water partition coefficient (Wildman–Crippen LogP) is 2.08. The number of carbonyl (C=O) groups excluding carboxylic acids is 2. The summed E-state index contributed by atoms with van der Waals surface area (Å²) in [5.74, 6) is -0.207. The zero-order valence-corrected chi connectivity index (χ0v) is 12.2. The fourth-order valence-corrected chi connectivity index (χ4v) is 1.92. The average molecular weight is 304 g/mol. The van der Waals surface area contributed by atoms with Crippen LogP contribution in [-0.2, 0) is 22.7 Å². The van der Waals surface area contributed by atoms with Crippen LogP contribution in [0.3, 0.4) is 0 Å². The lowest BCUT2D eigenvalue weighted by Gasteiger charge is -2.20. The van der Waals surface area contributed by atoms with Crippen molar-refractivity contribution < 1.29 is 18.4 Å². The summed E-state index contributed by atoms with van der Waals surface area (Å²) in [6, 6.07) is 9.31. The maximum absolute atomic E-state index is 12.9. The van der Waals surface area contributed by atoms with E-state index in [1.165, 1.54) is 30.2 Å². The third kappa shape index (κ3) is 4.73. The van der Waals surface area contributed by atoms with Gasteiger partial charge in [-0.25, -0.2) is 4.39 Å². The summed E-state index contributed by atoms with van der Waals surface area (Å²) in [4.78, 5) is 24.9. The highest BCUT2D eigenvalue weighted by molar-refractivity contribution is 5.83. The molecule has 2 aromatic rings. The lowest BCUT2D eigenvalue weighted by molar-refractivity contribution is -0.135. The van der Waals surface area contributed by atoms with Crippen molar-refractivity contribution in [2.45, 2.75) is 20.0 Å². The molecular formula is C16H17FN2O3. The molecule has 1 aromatic heterocycles. The number of halogens is 1. The van der Waals surface area contributed by atoms with E-state index in [4.69, 9.17) is 4.42 Å². The number of amides is 2. The molecule has 1 aromatic carbocycles. The molecule has 0 saturated carbocycles. The van der Waals surface area contributed by atoms with E-state index in [9.17, 15) is 14.0 Å². The van der Waals surface area contributed by atoms with Crippen LogP contribution >= 0.6 is 0 Å². The summed E-state index contributed by atoms with van der Waals surface area (Å²) < 4.78 is 18.0. The standard InChI is InChI=1S/C16H17FN2O3/c1-12(20)19(10-13-4-6-14(17)7-5-13)11-16(21)18-9-15-3-2-8-22-15/h2-8H,9-11H2,1H3,(H,18,21). The van der Waals surface area contributed by atoms with E-state index >= 15 is 0 Å². The van der Waals surface area contributed by atoms with Gasteiger partial charge in [-0.05, 0) is 29.8 Å². The molecule has 1 heterocycles. The molecule has 2 rings (SSSR count). The van der Waals surface area contributed by atoms with E-state index in [2.05, 4.69) is 5.32 Å². The molecule has 0 aliphatic heterocycles. The predicted molar refractivity (Wildman–Crippen MR) is 78.0 cm³/mol. The van der Waals surface area contributed by atoms with Crippen LogP contribution in [0.4, 0.5) is 4.39 Å². The van der Waals surface area contributed by atoms with Gasteiger partial charge in [0.2, 0.25) is 11.8 Å². The quantitative estimate of drug-likeness (QED) is 0.889. The summed E-state index contributed by atoms with van der Waals surface area (Å²) in [6.07, 6.45) is 1.53. The molecule has 6 heteroatoms. The molecule has 0 aliphatic rings. The molecule has 0 bridgehead atoms. The van der Waals surface area contributed by atoms with Crippen LogP contribution in [0.25, 0.3) is 0 Å². The van der Waals surface area contributed by atoms with Gasteiger partial charge >= 0.3 is 0 Å². The van der Waals surface area contributed by atoms with Gasteiger partial charge in [0, 0.05) is 13.5 Å². The van der Waals surface area contributed by atoms with E-state index in [1.807, 2.05) is 0 Å². The first-order valence-electron chi connectivity index (χ1n) is 6.83. The Morgan fingerprint density at radius 1 is 1.23 bits per heavy atom. The van der Waals surface area contributed by atoms with Gasteiger partial charge < -0.3 is 14.6 Å². The average Bonchev–Trinajstić information content (AvgIpc) is 3.00. The van der Waals surface area contributed by atoms with Crippen molar-refractivity contribution in [2.24, 2.45) is 0 Å². The molecule has 0 spiro atoms. The smallest absolute Gasteiger partial charge is 0.240 e. The Balaban J connectivity index is 1.89. The van der Waals surface area contributed by atoms with E-state index in [0.717, 1.165) is 5.56 Å². The second-order valence-electron chi connectivity index (χ2n) is 4.86. The van der Waals surface area contributed by atoms with Gasteiger partial charge in [0.15, 0.2) is 0 Å². The van der Waals surface area contributed by atoms with Gasteiger partial charge in [0.1, 0.15) is 11.6 Å². The molecule has 0 saturated heterocycles. The second-order valence-corrected chi connectivity index (χ2v) is 4.86. The van der Waals surface area contributed by atoms with Crippen molar-refractivity contribution in [3.8, 4) is 0 Å². The zero-order valence-electron chi connectivity index (χ0n) is 12.2. The molecule has 2 amide bonds. The molecule has 0 atom stereocenters. The van der Waals surface area contributed by atoms with Crippen LogP contribution in [0.5, 0.6) is 0 Å². The first-order chi connectivity index (χ1) is 10.5. The number of benzene rings is 1. The fourth-order valence-electron chi connectivity index (χ4n) is 1.92. The number of nitrogens with one attached hydrogen (secondary N) is 1. The normalized spacial score (nSPS) is 10.3. The van der Waals surface area contributed by atoms with E-state index in [-0.39, 0.29) is 37.3 Å². The van der Waals surface area contributed by atoms with Gasteiger partial charge in [0.25, 0.3) is 0 Å². The van der Waals surface area contributed by atoms with Crippen LogP contribution in [0.1, 0.15) is 18.2 Å². The number of nitrogens with zero attached hydrogens (tertiary/aromatic N) is 1. The Kier molecular flexibility index (Phi) is 5.30. The zero-order chi connectivity index (χ0) is 15.9. The van der Waals surface area contributed by atoms with Crippen LogP contribution in [0.2, 0.25) is 0 Å². The van der Waals surface area contributed by atoms with Crippen molar-refractivity contribution >= 4 is 11.8 Å². The summed E-state index contributed by atoms with van der Waals surface area (Å²) >= 11 is 0. The van der Waals surface area contributed by atoms with Crippen LogP contribution in [0, 0.1) is 5.82 Å². The third-order valence-corrected chi connectivity index (χ3v) is 3.11. The molecule has 0 aliphatic carbocycles. The lowest BCUT2D eigenvalue weighted by atomic mass is 10.2. The molecule has 0 fully saturated rings. The van der Waals surface area contributed by atoms with E-state index in [1.54, 1.807) is 24.3 Å². The van der Waals surface area contributed by atoms with Gasteiger partial charge in [-0.15, -0.1) is 0 Å². The second kappa shape index (κ2) is 7.40. The number of carbonyl (C=O) groups is 2. The van der Waals surface area contributed by atoms with Crippen LogP contribution in [0.15, 0.2) is 47.1 Å². The molecule has 0 radical (unpaired) electrons. The summed E-state index contributed by atoms with van der Waals surface area (Å²) in [5.41, 5.74) is 0.760. The summed E-state index contributed by atoms with van der Waals surface area (Å²) in [7, 11) is 0. The molecule has 0 unspecified atom stereocenters. The highest BCUT2D eigenvalue weighted by Crippen LogP contribution is 2.07. The number of hydrogen-bond donors (Lipinski definition) is 1. The summed E-state index contributed by atoms with van der Waals surface area (Å²) in [5, 5.41) is 2.68. The highest BCUT2D eigenvalue weighted by Gasteiger charge is 2.14. The topological polar surface area (TPSA) is 62.6 Å². The van der Waals surface area contributed by atoms with Crippen molar-refractivity contribution in [3.05, 3.63) is 59.8 Å². The largest absolute Gasteiger partial charge is 0.467 e. The van der Waals surface area contributed by atoms with E-state index < -0.39 is 0 Å². The maximum atomic E-state index is 12.9. The SMILES string of the molecule is CC(=O)N(CC(=O)NCc1ccco1)Cc1ccc(F)cc1. The number of hydrogen-bond acceptors (Lipinski definition) is 3.